The van der Waals surface area contributed by atoms with E-state index in [1.807, 2.05) is 0 Å². The normalized spacial score (nSPS) is 11.3. The summed E-state index contributed by atoms with van der Waals surface area (Å²) in [7, 11) is -0.867. The standard InChI is InChI=1S/C5H8O2.C5H12Si/c1-4(6)3-5(2)7;1-5-6(2,3)4/h3,6H,1-2H3;5H,1H2,2-4H3/b4-3-;. The molecule has 0 rings (SSSR count). The lowest BCUT2D eigenvalue weighted by Crippen LogP contribution is -2.14. The Labute approximate surface area is 82.0 Å². The van der Waals surface area contributed by atoms with E-state index in [1.54, 1.807) is 0 Å². The zero-order valence-corrected chi connectivity index (χ0v) is 10.2. The molecule has 0 saturated heterocycles. The molecular formula is C10H20O2Si. The van der Waals surface area contributed by atoms with Crippen LogP contribution in [0.1, 0.15) is 13.8 Å². The van der Waals surface area contributed by atoms with Gasteiger partial charge in [0.25, 0.3) is 0 Å². The molecule has 0 aromatic heterocycles. The molecule has 0 atom stereocenters. The average Bonchev–Trinajstić information content (AvgIpc) is 1.84. The Morgan fingerprint density at radius 3 is 1.62 bits per heavy atom. The maximum absolute atomic E-state index is 10.0. The molecule has 0 heterocycles. The van der Waals surface area contributed by atoms with Crippen LogP contribution in [0.4, 0.5) is 0 Å². The molecule has 0 spiro atoms. The molecule has 0 aromatic carbocycles. The Morgan fingerprint density at radius 2 is 1.62 bits per heavy atom. The fourth-order valence-electron chi connectivity index (χ4n) is 0.294. The first-order valence-corrected chi connectivity index (χ1v) is 7.78. The minimum Gasteiger partial charge on any atom is -0.512 e. The van der Waals surface area contributed by atoms with Gasteiger partial charge in [-0.2, -0.15) is 0 Å². The van der Waals surface area contributed by atoms with Gasteiger partial charge in [0, 0.05) is 6.08 Å². The molecule has 13 heavy (non-hydrogen) atoms. The van der Waals surface area contributed by atoms with Gasteiger partial charge in [-0.25, -0.2) is 0 Å². The van der Waals surface area contributed by atoms with Gasteiger partial charge in [0.2, 0.25) is 0 Å². The molecule has 0 unspecified atom stereocenters. The minimum atomic E-state index is -0.867. The first-order chi connectivity index (χ1) is 5.69. The molecule has 0 fully saturated rings. The van der Waals surface area contributed by atoms with E-state index in [9.17, 15) is 4.79 Å². The van der Waals surface area contributed by atoms with Crippen molar-refractivity contribution < 1.29 is 9.90 Å². The summed E-state index contributed by atoms with van der Waals surface area (Å²) in [5.74, 6) is -0.0625. The van der Waals surface area contributed by atoms with E-state index in [0.717, 1.165) is 0 Å². The molecule has 0 aliphatic carbocycles. The van der Waals surface area contributed by atoms with E-state index in [2.05, 4.69) is 31.9 Å². The van der Waals surface area contributed by atoms with Crippen molar-refractivity contribution >= 4 is 13.9 Å². The average molecular weight is 200 g/mol. The highest BCUT2D eigenvalue weighted by atomic mass is 28.3. The predicted octanol–water partition coefficient (Wildman–Crippen LogP) is 3.09. The molecule has 2 nitrogen and oxygen atoms in total. The molecule has 1 N–H and O–H groups in total. The number of ketones is 1. The summed E-state index contributed by atoms with van der Waals surface area (Å²) in [6.07, 6.45) is 1.17. The third-order valence-corrected chi connectivity index (χ3v) is 2.25. The number of hydrogen-bond donors (Lipinski definition) is 1. The van der Waals surface area contributed by atoms with E-state index in [1.165, 1.54) is 19.9 Å². The highest BCUT2D eigenvalue weighted by molar-refractivity contribution is 6.80. The second kappa shape index (κ2) is 6.66. The van der Waals surface area contributed by atoms with Crippen LogP contribution in [0.25, 0.3) is 0 Å². The Hall–Kier alpha value is -0.833. The second-order valence-electron chi connectivity index (χ2n) is 3.97. The summed E-state index contributed by atoms with van der Waals surface area (Å²) < 4.78 is 0. The Kier molecular flexibility index (Phi) is 7.52. The Bertz CT molecular complexity index is 195. The van der Waals surface area contributed by atoms with Gasteiger partial charge < -0.3 is 5.11 Å². The van der Waals surface area contributed by atoms with Crippen LogP contribution in [0.15, 0.2) is 24.1 Å². The van der Waals surface area contributed by atoms with Crippen LogP contribution in [0.2, 0.25) is 19.6 Å². The lowest BCUT2D eigenvalue weighted by atomic mass is 10.4. The van der Waals surface area contributed by atoms with Gasteiger partial charge in [0.1, 0.15) is 0 Å². The van der Waals surface area contributed by atoms with Gasteiger partial charge in [0.05, 0.1) is 13.8 Å². The molecule has 0 aromatic rings. The van der Waals surface area contributed by atoms with E-state index in [0.29, 0.717) is 0 Å². The van der Waals surface area contributed by atoms with Gasteiger partial charge >= 0.3 is 0 Å². The van der Waals surface area contributed by atoms with E-state index in [4.69, 9.17) is 5.11 Å². The molecular weight excluding hydrogens is 180 g/mol. The van der Waals surface area contributed by atoms with Crippen LogP contribution in [0.5, 0.6) is 0 Å². The Morgan fingerprint density at radius 1 is 1.31 bits per heavy atom. The summed E-state index contributed by atoms with van der Waals surface area (Å²) in [6, 6.07) is 0. The molecule has 3 heteroatoms. The van der Waals surface area contributed by atoms with E-state index in [-0.39, 0.29) is 11.5 Å². The zero-order chi connectivity index (χ0) is 11.1. The predicted molar refractivity (Wildman–Crippen MR) is 60.6 cm³/mol. The lowest BCUT2D eigenvalue weighted by molar-refractivity contribution is -0.112. The number of hydrogen-bond acceptors (Lipinski definition) is 2. The van der Waals surface area contributed by atoms with Gasteiger partial charge in [-0.05, 0) is 13.8 Å². The first-order valence-electron chi connectivity index (χ1n) is 4.20. The fourth-order valence-corrected chi connectivity index (χ4v) is 0.294. The van der Waals surface area contributed by atoms with Crippen molar-refractivity contribution in [1.29, 1.82) is 0 Å². The van der Waals surface area contributed by atoms with Gasteiger partial charge in [0.15, 0.2) is 5.78 Å². The summed E-state index contributed by atoms with van der Waals surface area (Å²) in [5.41, 5.74) is 2.08. The van der Waals surface area contributed by atoms with Crippen molar-refractivity contribution in [2.24, 2.45) is 0 Å². The lowest BCUT2D eigenvalue weighted by Gasteiger charge is -2.04. The Balaban J connectivity index is 0. The summed E-state index contributed by atoms with van der Waals surface area (Å²) in [4.78, 5) is 10.0. The molecule has 0 radical (unpaired) electrons. The molecule has 76 valence electrons. The maximum Gasteiger partial charge on any atom is 0.155 e. The number of rotatable bonds is 2. The van der Waals surface area contributed by atoms with Gasteiger partial charge in [-0.1, -0.05) is 19.6 Å². The number of aliphatic hydroxyl groups is 1. The van der Waals surface area contributed by atoms with Crippen molar-refractivity contribution in [3.8, 4) is 0 Å². The second-order valence-corrected chi connectivity index (χ2v) is 9.11. The SMILES string of the molecule is C=C[Si](C)(C)C.CC(=O)/C=C(/C)O. The molecule has 0 amide bonds. The number of carbonyl (C=O) groups excluding carboxylic acids is 1. The van der Waals surface area contributed by atoms with Gasteiger partial charge in [-0.3, -0.25) is 4.79 Å². The monoisotopic (exact) mass is 200 g/mol. The van der Waals surface area contributed by atoms with E-state index >= 15 is 0 Å². The van der Waals surface area contributed by atoms with Crippen molar-refractivity contribution in [2.75, 3.05) is 0 Å². The van der Waals surface area contributed by atoms with Crippen molar-refractivity contribution in [2.45, 2.75) is 33.5 Å². The number of aliphatic hydroxyl groups excluding tert-OH is 1. The third-order valence-electron chi connectivity index (χ3n) is 1.02. The van der Waals surface area contributed by atoms with Crippen molar-refractivity contribution in [3.05, 3.63) is 24.1 Å². The van der Waals surface area contributed by atoms with Crippen LogP contribution < -0.4 is 0 Å². The van der Waals surface area contributed by atoms with Crippen molar-refractivity contribution in [1.82, 2.24) is 0 Å². The van der Waals surface area contributed by atoms with Crippen LogP contribution in [-0.4, -0.2) is 19.0 Å². The topological polar surface area (TPSA) is 37.3 Å². The summed E-state index contributed by atoms with van der Waals surface area (Å²) in [6.45, 7) is 13.3. The first kappa shape index (κ1) is 14.7. The zero-order valence-electron chi connectivity index (χ0n) is 9.22. The summed E-state index contributed by atoms with van der Waals surface area (Å²) in [5, 5.41) is 8.36. The molecule has 0 aliphatic heterocycles. The quantitative estimate of drug-likeness (QED) is 0.422. The van der Waals surface area contributed by atoms with Crippen LogP contribution in [-0.2, 0) is 4.79 Å². The van der Waals surface area contributed by atoms with Crippen molar-refractivity contribution in [3.63, 3.8) is 0 Å². The molecule has 0 saturated carbocycles. The van der Waals surface area contributed by atoms with E-state index < -0.39 is 8.07 Å². The summed E-state index contributed by atoms with van der Waals surface area (Å²) >= 11 is 0. The molecule has 0 bridgehead atoms. The van der Waals surface area contributed by atoms with Crippen LogP contribution in [0.3, 0.4) is 0 Å². The smallest absolute Gasteiger partial charge is 0.155 e. The number of carbonyl (C=O) groups is 1. The number of allylic oxidation sites excluding steroid dienone is 2. The highest BCUT2D eigenvalue weighted by Gasteiger charge is 2.03. The minimum absolute atomic E-state index is 0.0625. The fraction of sp³-hybridized carbons (Fsp3) is 0.500. The highest BCUT2D eigenvalue weighted by Crippen LogP contribution is 1.98. The van der Waals surface area contributed by atoms with Gasteiger partial charge in [-0.15, -0.1) is 12.3 Å². The molecule has 0 aliphatic rings. The third kappa shape index (κ3) is 24.7. The largest absolute Gasteiger partial charge is 0.512 e. The van der Waals surface area contributed by atoms with Crippen LogP contribution in [0, 0.1) is 0 Å². The maximum atomic E-state index is 10.0. The van der Waals surface area contributed by atoms with Crippen LogP contribution >= 0.6 is 0 Å².